The van der Waals surface area contributed by atoms with Crippen molar-refractivity contribution >= 4 is 29.0 Å². The molecule has 3 N–H and O–H groups in total. The monoisotopic (exact) mass is 261 g/mol. The Labute approximate surface area is 110 Å². The molecule has 1 heterocycles. The van der Waals surface area contributed by atoms with Crippen LogP contribution >= 0.6 is 11.6 Å². The highest BCUT2D eigenvalue weighted by atomic mass is 35.5. The van der Waals surface area contributed by atoms with E-state index in [4.69, 9.17) is 17.3 Å². The quantitative estimate of drug-likeness (QED) is 0.892. The van der Waals surface area contributed by atoms with Crippen LogP contribution in [0.25, 0.3) is 0 Å². The number of hydrogen-bond donors (Lipinski definition) is 2. The van der Waals surface area contributed by atoms with Crippen molar-refractivity contribution in [3.63, 3.8) is 0 Å². The van der Waals surface area contributed by atoms with Gasteiger partial charge >= 0.3 is 0 Å². The topological polar surface area (TPSA) is 68.0 Å². The summed E-state index contributed by atoms with van der Waals surface area (Å²) < 4.78 is 0. The van der Waals surface area contributed by atoms with Gasteiger partial charge in [0, 0.05) is 5.02 Å². The molecule has 1 amide bonds. The van der Waals surface area contributed by atoms with Crippen LogP contribution in [0.15, 0.2) is 42.6 Å². The first-order valence-electron chi connectivity index (χ1n) is 5.40. The second-order valence-electron chi connectivity index (χ2n) is 3.79. The molecular weight excluding hydrogens is 250 g/mol. The molecule has 0 saturated heterocycles. The zero-order valence-electron chi connectivity index (χ0n) is 9.56. The molecular formula is C13H12ClN3O. The van der Waals surface area contributed by atoms with Gasteiger partial charge in [-0.2, -0.15) is 0 Å². The van der Waals surface area contributed by atoms with Crippen molar-refractivity contribution in [3.05, 3.63) is 53.2 Å². The molecule has 0 spiro atoms. The van der Waals surface area contributed by atoms with Gasteiger partial charge in [-0.05, 0) is 23.8 Å². The highest BCUT2D eigenvalue weighted by Crippen LogP contribution is 2.16. The van der Waals surface area contributed by atoms with E-state index in [0.29, 0.717) is 16.5 Å². The number of amides is 1. The maximum absolute atomic E-state index is 11.8. The molecule has 0 saturated carbocycles. The molecule has 0 aliphatic heterocycles. The maximum atomic E-state index is 11.8. The van der Waals surface area contributed by atoms with Crippen molar-refractivity contribution in [2.24, 2.45) is 0 Å². The Kier molecular flexibility index (Phi) is 3.79. The number of rotatable bonds is 3. The van der Waals surface area contributed by atoms with Crippen LogP contribution in [0.2, 0.25) is 5.02 Å². The molecule has 18 heavy (non-hydrogen) atoms. The van der Waals surface area contributed by atoms with Crippen LogP contribution in [0.1, 0.15) is 5.56 Å². The van der Waals surface area contributed by atoms with E-state index in [9.17, 15) is 4.79 Å². The third kappa shape index (κ3) is 3.21. The fourth-order valence-electron chi connectivity index (χ4n) is 1.48. The lowest BCUT2D eigenvalue weighted by atomic mass is 10.1. The number of nitrogens with one attached hydrogen (secondary N) is 1. The van der Waals surface area contributed by atoms with E-state index in [2.05, 4.69) is 10.3 Å². The minimum absolute atomic E-state index is 0.166. The second kappa shape index (κ2) is 5.51. The van der Waals surface area contributed by atoms with Crippen molar-refractivity contribution in [1.82, 2.24) is 4.98 Å². The van der Waals surface area contributed by atoms with E-state index in [1.807, 2.05) is 18.2 Å². The van der Waals surface area contributed by atoms with Gasteiger partial charge in [-0.1, -0.05) is 29.8 Å². The first-order valence-corrected chi connectivity index (χ1v) is 5.78. The van der Waals surface area contributed by atoms with Gasteiger partial charge in [0.25, 0.3) is 0 Å². The average Bonchev–Trinajstić information content (AvgIpc) is 2.35. The van der Waals surface area contributed by atoms with Crippen LogP contribution in [0.4, 0.5) is 11.5 Å². The van der Waals surface area contributed by atoms with Gasteiger partial charge in [-0.15, -0.1) is 0 Å². The lowest BCUT2D eigenvalue weighted by Crippen LogP contribution is -2.15. The minimum atomic E-state index is -0.166. The lowest BCUT2D eigenvalue weighted by Gasteiger charge is -2.05. The molecule has 92 valence electrons. The standard InChI is InChI=1S/C13H12ClN3O/c14-11-4-2-1-3-9(11)7-13(18)17-12-6-5-10(15)8-16-12/h1-6,8H,7,15H2,(H,16,17,18). The molecule has 2 aromatic rings. The normalized spacial score (nSPS) is 10.1. The number of halogens is 1. The maximum Gasteiger partial charge on any atom is 0.230 e. The molecule has 0 atom stereocenters. The van der Waals surface area contributed by atoms with Crippen molar-refractivity contribution < 1.29 is 4.79 Å². The fourth-order valence-corrected chi connectivity index (χ4v) is 1.68. The number of carbonyl (C=O) groups excluding carboxylic acids is 1. The third-order valence-corrected chi connectivity index (χ3v) is 2.73. The molecule has 0 aliphatic rings. The Morgan fingerprint density at radius 3 is 2.72 bits per heavy atom. The number of benzene rings is 1. The molecule has 4 nitrogen and oxygen atoms in total. The smallest absolute Gasteiger partial charge is 0.230 e. The molecule has 0 fully saturated rings. The number of carbonyl (C=O) groups is 1. The van der Waals surface area contributed by atoms with E-state index in [1.54, 1.807) is 18.2 Å². The van der Waals surface area contributed by atoms with Crippen molar-refractivity contribution in [3.8, 4) is 0 Å². The first kappa shape index (κ1) is 12.4. The molecule has 2 rings (SSSR count). The van der Waals surface area contributed by atoms with Crippen LogP contribution < -0.4 is 11.1 Å². The van der Waals surface area contributed by atoms with Gasteiger partial charge in [0.15, 0.2) is 0 Å². The molecule has 0 radical (unpaired) electrons. The van der Waals surface area contributed by atoms with E-state index in [0.717, 1.165) is 5.56 Å². The van der Waals surface area contributed by atoms with Crippen LogP contribution in [-0.4, -0.2) is 10.9 Å². The van der Waals surface area contributed by atoms with Gasteiger partial charge in [-0.25, -0.2) is 4.98 Å². The number of nitrogen functional groups attached to an aromatic ring is 1. The number of anilines is 2. The number of hydrogen-bond acceptors (Lipinski definition) is 3. The molecule has 0 aliphatic carbocycles. The van der Waals surface area contributed by atoms with Gasteiger partial charge in [0.2, 0.25) is 5.91 Å². The zero-order valence-corrected chi connectivity index (χ0v) is 10.3. The molecule has 1 aromatic heterocycles. The average molecular weight is 262 g/mol. The van der Waals surface area contributed by atoms with Crippen LogP contribution in [0.5, 0.6) is 0 Å². The highest BCUT2D eigenvalue weighted by Gasteiger charge is 2.07. The van der Waals surface area contributed by atoms with Crippen LogP contribution in [0, 0.1) is 0 Å². The number of nitrogens with two attached hydrogens (primary N) is 1. The summed E-state index contributed by atoms with van der Waals surface area (Å²) in [5.41, 5.74) is 6.85. The Bertz CT molecular complexity index is 554. The molecule has 0 bridgehead atoms. The summed E-state index contributed by atoms with van der Waals surface area (Å²) in [7, 11) is 0. The summed E-state index contributed by atoms with van der Waals surface area (Å²) in [5.74, 6) is 0.307. The predicted octanol–water partition coefficient (Wildman–Crippen LogP) is 2.50. The molecule has 5 heteroatoms. The summed E-state index contributed by atoms with van der Waals surface area (Å²) in [4.78, 5) is 15.8. The van der Waals surface area contributed by atoms with Crippen molar-refractivity contribution in [1.29, 1.82) is 0 Å². The van der Waals surface area contributed by atoms with E-state index in [1.165, 1.54) is 6.20 Å². The molecule has 0 unspecified atom stereocenters. The largest absolute Gasteiger partial charge is 0.397 e. The Balaban J connectivity index is 2.01. The summed E-state index contributed by atoms with van der Waals surface area (Å²) in [5, 5.41) is 3.26. The number of pyridine rings is 1. The second-order valence-corrected chi connectivity index (χ2v) is 4.20. The Morgan fingerprint density at radius 1 is 1.28 bits per heavy atom. The summed E-state index contributed by atoms with van der Waals surface area (Å²) in [6.07, 6.45) is 1.71. The van der Waals surface area contributed by atoms with E-state index >= 15 is 0 Å². The number of aromatic nitrogens is 1. The highest BCUT2D eigenvalue weighted by molar-refractivity contribution is 6.31. The van der Waals surface area contributed by atoms with Crippen LogP contribution in [-0.2, 0) is 11.2 Å². The molecule has 1 aromatic carbocycles. The summed E-state index contributed by atoms with van der Waals surface area (Å²) in [6.45, 7) is 0. The SMILES string of the molecule is Nc1ccc(NC(=O)Cc2ccccc2Cl)nc1. The lowest BCUT2D eigenvalue weighted by molar-refractivity contribution is -0.115. The zero-order chi connectivity index (χ0) is 13.0. The van der Waals surface area contributed by atoms with E-state index < -0.39 is 0 Å². The minimum Gasteiger partial charge on any atom is -0.397 e. The predicted molar refractivity (Wildman–Crippen MR) is 72.4 cm³/mol. The van der Waals surface area contributed by atoms with Gasteiger partial charge < -0.3 is 11.1 Å². The Morgan fingerprint density at radius 2 is 2.06 bits per heavy atom. The van der Waals surface area contributed by atoms with Gasteiger partial charge in [0.1, 0.15) is 5.82 Å². The Hall–Kier alpha value is -2.07. The summed E-state index contributed by atoms with van der Waals surface area (Å²) in [6, 6.07) is 10.6. The van der Waals surface area contributed by atoms with Crippen molar-refractivity contribution in [2.75, 3.05) is 11.1 Å². The van der Waals surface area contributed by atoms with Crippen LogP contribution in [0.3, 0.4) is 0 Å². The fraction of sp³-hybridized carbons (Fsp3) is 0.0769. The van der Waals surface area contributed by atoms with Crippen molar-refractivity contribution in [2.45, 2.75) is 6.42 Å². The third-order valence-electron chi connectivity index (χ3n) is 2.36. The number of nitrogens with zero attached hydrogens (tertiary/aromatic N) is 1. The van der Waals surface area contributed by atoms with E-state index in [-0.39, 0.29) is 12.3 Å². The first-order chi connectivity index (χ1) is 8.65. The van der Waals surface area contributed by atoms with Gasteiger partial charge in [-0.3, -0.25) is 4.79 Å². The van der Waals surface area contributed by atoms with Gasteiger partial charge in [0.05, 0.1) is 18.3 Å². The summed E-state index contributed by atoms with van der Waals surface area (Å²) >= 11 is 5.98.